The Kier molecular flexibility index (Phi) is 6.20. The van der Waals surface area contributed by atoms with Crippen molar-refractivity contribution in [3.05, 3.63) is 70.8 Å². The van der Waals surface area contributed by atoms with E-state index in [1.54, 1.807) is 24.3 Å². The Hall–Kier alpha value is -2.71. The number of carbonyl (C=O) groups excluding carboxylic acids is 2. The number of hydrogen-bond donors (Lipinski definition) is 1. The van der Waals surface area contributed by atoms with E-state index in [9.17, 15) is 9.59 Å². The lowest BCUT2D eigenvalue weighted by Gasteiger charge is -2.02. The van der Waals surface area contributed by atoms with Crippen LogP contribution in [0.5, 0.6) is 0 Å². The molecule has 0 saturated carbocycles. The maximum absolute atomic E-state index is 12.2. The van der Waals surface area contributed by atoms with Crippen molar-refractivity contribution in [2.75, 3.05) is 12.4 Å². The molecule has 0 unspecified atom stereocenters. The number of thioether (sulfide) groups is 1. The summed E-state index contributed by atoms with van der Waals surface area (Å²) in [5.74, 6) is 0.121. The highest BCUT2D eigenvalue weighted by atomic mass is 32.2. The standard InChI is InChI=1S/C19H17N3O3S2/c1-12-3-7-14(8-4-12)16(23)20-18-21-22-19(27-18)26-11-13-5-9-15(10-6-13)17(24)25-2/h3-10H,11H2,1-2H3,(H,20,21,23). The van der Waals surface area contributed by atoms with Gasteiger partial charge in [-0.05, 0) is 36.8 Å². The summed E-state index contributed by atoms with van der Waals surface area (Å²) in [4.78, 5) is 23.6. The van der Waals surface area contributed by atoms with Gasteiger partial charge in [0.1, 0.15) is 0 Å². The number of amides is 1. The lowest BCUT2D eigenvalue weighted by atomic mass is 10.1. The highest BCUT2D eigenvalue weighted by Gasteiger charge is 2.11. The number of nitrogens with zero attached hydrogens (tertiary/aromatic N) is 2. The monoisotopic (exact) mass is 399 g/mol. The Morgan fingerprint density at radius 1 is 1.04 bits per heavy atom. The first-order valence-corrected chi connectivity index (χ1v) is 9.87. The molecule has 3 aromatic rings. The predicted molar refractivity (Wildman–Crippen MR) is 106 cm³/mol. The van der Waals surface area contributed by atoms with E-state index < -0.39 is 0 Å². The lowest BCUT2D eigenvalue weighted by Crippen LogP contribution is -2.11. The Bertz CT molecular complexity index is 938. The van der Waals surface area contributed by atoms with Crippen LogP contribution in [0, 0.1) is 6.92 Å². The first kappa shape index (κ1) is 19.1. The Labute approximate surface area is 165 Å². The molecule has 1 amide bonds. The first-order chi connectivity index (χ1) is 13.0. The zero-order valence-electron chi connectivity index (χ0n) is 14.8. The molecular weight excluding hydrogens is 382 g/mol. The SMILES string of the molecule is COC(=O)c1ccc(CSc2nnc(NC(=O)c3ccc(C)cc3)s2)cc1. The van der Waals surface area contributed by atoms with Crippen molar-refractivity contribution in [3.8, 4) is 0 Å². The van der Waals surface area contributed by atoms with Crippen LogP contribution >= 0.6 is 23.1 Å². The molecule has 0 bridgehead atoms. The molecule has 3 rings (SSSR count). The number of hydrogen-bond acceptors (Lipinski definition) is 7. The predicted octanol–water partition coefficient (Wildman–Crippen LogP) is 4.18. The van der Waals surface area contributed by atoms with Gasteiger partial charge in [0, 0.05) is 11.3 Å². The second-order valence-corrected chi connectivity index (χ2v) is 7.87. The van der Waals surface area contributed by atoms with E-state index in [-0.39, 0.29) is 11.9 Å². The van der Waals surface area contributed by atoms with E-state index in [1.165, 1.54) is 30.2 Å². The van der Waals surface area contributed by atoms with Crippen molar-refractivity contribution >= 4 is 40.1 Å². The first-order valence-electron chi connectivity index (χ1n) is 8.07. The van der Waals surface area contributed by atoms with Crippen LogP contribution in [0.1, 0.15) is 31.8 Å². The van der Waals surface area contributed by atoms with Gasteiger partial charge < -0.3 is 4.74 Å². The lowest BCUT2D eigenvalue weighted by molar-refractivity contribution is 0.0600. The fourth-order valence-electron chi connectivity index (χ4n) is 2.19. The highest BCUT2D eigenvalue weighted by Crippen LogP contribution is 2.28. The molecule has 0 radical (unpaired) electrons. The molecule has 2 aromatic carbocycles. The smallest absolute Gasteiger partial charge is 0.337 e. The molecule has 0 spiro atoms. The summed E-state index contributed by atoms with van der Waals surface area (Å²) in [6.07, 6.45) is 0. The molecule has 0 aliphatic carbocycles. The number of benzene rings is 2. The average Bonchev–Trinajstić information content (AvgIpc) is 3.14. The molecule has 0 atom stereocenters. The van der Waals surface area contributed by atoms with Crippen LogP contribution in [0.25, 0.3) is 0 Å². The zero-order chi connectivity index (χ0) is 19.2. The molecule has 0 aliphatic rings. The fourth-order valence-corrected chi connectivity index (χ4v) is 3.90. The minimum Gasteiger partial charge on any atom is -0.465 e. The minimum atomic E-state index is -0.354. The van der Waals surface area contributed by atoms with Gasteiger partial charge in [-0.15, -0.1) is 10.2 Å². The number of aromatic nitrogens is 2. The molecule has 27 heavy (non-hydrogen) atoms. The summed E-state index contributed by atoms with van der Waals surface area (Å²) in [6, 6.07) is 14.5. The largest absolute Gasteiger partial charge is 0.465 e. The van der Waals surface area contributed by atoms with E-state index in [0.717, 1.165) is 15.5 Å². The van der Waals surface area contributed by atoms with Crippen LogP contribution in [-0.2, 0) is 10.5 Å². The van der Waals surface area contributed by atoms with Crippen LogP contribution in [0.15, 0.2) is 52.9 Å². The Morgan fingerprint density at radius 3 is 2.37 bits per heavy atom. The molecule has 0 fully saturated rings. The number of nitrogens with one attached hydrogen (secondary N) is 1. The average molecular weight is 399 g/mol. The van der Waals surface area contributed by atoms with Crippen LogP contribution in [-0.4, -0.2) is 29.2 Å². The maximum Gasteiger partial charge on any atom is 0.337 e. The number of aryl methyl sites for hydroxylation is 1. The normalized spacial score (nSPS) is 10.4. The number of rotatable bonds is 6. The number of esters is 1. The van der Waals surface area contributed by atoms with E-state index in [0.29, 0.717) is 22.0 Å². The molecule has 138 valence electrons. The number of carbonyl (C=O) groups is 2. The van der Waals surface area contributed by atoms with E-state index in [2.05, 4.69) is 20.3 Å². The van der Waals surface area contributed by atoms with Gasteiger partial charge >= 0.3 is 5.97 Å². The molecule has 1 aromatic heterocycles. The molecule has 6 nitrogen and oxygen atoms in total. The van der Waals surface area contributed by atoms with Crippen molar-refractivity contribution in [2.45, 2.75) is 17.0 Å². The van der Waals surface area contributed by atoms with Gasteiger partial charge in [-0.25, -0.2) is 4.79 Å². The van der Waals surface area contributed by atoms with Crippen LogP contribution < -0.4 is 5.32 Å². The fraction of sp³-hybridized carbons (Fsp3) is 0.158. The van der Waals surface area contributed by atoms with Crippen molar-refractivity contribution in [3.63, 3.8) is 0 Å². The second-order valence-electron chi connectivity index (χ2n) is 5.67. The summed E-state index contributed by atoms with van der Waals surface area (Å²) in [5.41, 5.74) is 3.24. The molecule has 1 N–H and O–H groups in total. The minimum absolute atomic E-state index is 0.207. The maximum atomic E-state index is 12.2. The van der Waals surface area contributed by atoms with Gasteiger partial charge in [-0.1, -0.05) is 52.9 Å². The highest BCUT2D eigenvalue weighted by molar-refractivity contribution is 8.00. The molecule has 1 heterocycles. The number of anilines is 1. The van der Waals surface area contributed by atoms with Gasteiger partial charge in [-0.2, -0.15) is 0 Å². The van der Waals surface area contributed by atoms with E-state index in [1.807, 2.05) is 31.2 Å². The third-order valence-corrected chi connectivity index (χ3v) is 5.72. The Balaban J connectivity index is 1.55. The summed E-state index contributed by atoms with van der Waals surface area (Å²) >= 11 is 2.84. The summed E-state index contributed by atoms with van der Waals surface area (Å²) in [5, 5.41) is 11.3. The number of methoxy groups -OCH3 is 1. The molecule has 8 heteroatoms. The van der Waals surface area contributed by atoms with Gasteiger partial charge in [-0.3, -0.25) is 10.1 Å². The summed E-state index contributed by atoms with van der Waals surface area (Å²) in [7, 11) is 1.36. The van der Waals surface area contributed by atoms with Gasteiger partial charge in [0.05, 0.1) is 12.7 Å². The second kappa shape index (κ2) is 8.79. The molecule has 0 aliphatic heterocycles. The van der Waals surface area contributed by atoms with Gasteiger partial charge in [0.25, 0.3) is 5.91 Å². The third-order valence-electron chi connectivity index (χ3n) is 3.68. The molecular formula is C19H17N3O3S2. The third kappa shape index (κ3) is 5.15. The Morgan fingerprint density at radius 2 is 1.70 bits per heavy atom. The zero-order valence-corrected chi connectivity index (χ0v) is 16.4. The van der Waals surface area contributed by atoms with Crippen LogP contribution in [0.3, 0.4) is 0 Å². The van der Waals surface area contributed by atoms with Crippen molar-refractivity contribution in [2.24, 2.45) is 0 Å². The summed E-state index contributed by atoms with van der Waals surface area (Å²) < 4.78 is 5.44. The number of ether oxygens (including phenoxy) is 1. The van der Waals surface area contributed by atoms with Crippen LogP contribution in [0.4, 0.5) is 5.13 Å². The quantitative estimate of drug-likeness (QED) is 0.380. The summed E-state index contributed by atoms with van der Waals surface area (Å²) in [6.45, 7) is 1.97. The van der Waals surface area contributed by atoms with Gasteiger partial charge in [0.15, 0.2) is 4.34 Å². The topological polar surface area (TPSA) is 81.2 Å². The van der Waals surface area contributed by atoms with Crippen molar-refractivity contribution in [1.82, 2.24) is 10.2 Å². The van der Waals surface area contributed by atoms with Crippen molar-refractivity contribution in [1.29, 1.82) is 0 Å². The molecule has 0 saturated heterocycles. The van der Waals surface area contributed by atoms with Gasteiger partial charge in [0.2, 0.25) is 5.13 Å². The van der Waals surface area contributed by atoms with E-state index in [4.69, 9.17) is 0 Å². The van der Waals surface area contributed by atoms with Crippen molar-refractivity contribution < 1.29 is 14.3 Å². The van der Waals surface area contributed by atoms with Crippen LogP contribution in [0.2, 0.25) is 0 Å². The van der Waals surface area contributed by atoms with E-state index >= 15 is 0 Å².